The highest BCUT2D eigenvalue weighted by Crippen LogP contribution is 2.22. The molecule has 1 amide bonds. The smallest absolute Gasteiger partial charge is 0.267 e. The van der Waals surface area contributed by atoms with E-state index in [1.807, 2.05) is 13.0 Å². The third kappa shape index (κ3) is 2.10. The van der Waals surface area contributed by atoms with Crippen LogP contribution in [0.4, 0.5) is 0 Å². The first-order valence-electron chi connectivity index (χ1n) is 4.59. The van der Waals surface area contributed by atoms with Gasteiger partial charge in [-0.1, -0.05) is 26.8 Å². The predicted molar refractivity (Wildman–Crippen MR) is 56.2 cm³/mol. The average Bonchev–Trinajstić information content (AvgIpc) is 2.01. The van der Waals surface area contributed by atoms with Crippen molar-refractivity contribution in [2.24, 2.45) is 5.73 Å². The van der Waals surface area contributed by atoms with E-state index in [1.165, 1.54) is 0 Å². The Bertz CT molecular complexity index is 364. The summed E-state index contributed by atoms with van der Waals surface area (Å²) in [7, 11) is 0. The summed E-state index contributed by atoms with van der Waals surface area (Å²) in [5.74, 6) is -0.469. The maximum atomic E-state index is 10.9. The van der Waals surface area contributed by atoms with Crippen molar-refractivity contribution in [3.8, 4) is 0 Å². The number of rotatable bonds is 1. The molecule has 2 N–H and O–H groups in total. The lowest BCUT2D eigenvalue weighted by Gasteiger charge is -2.19. The molecule has 0 atom stereocenters. The molecule has 1 heterocycles. The molecule has 1 aromatic rings. The number of hydrogen-bond donors (Lipinski definition) is 1. The largest absolute Gasteiger partial charge is 0.364 e. The zero-order valence-electron chi connectivity index (χ0n) is 9.09. The molecule has 0 bridgehead atoms. The first-order chi connectivity index (χ1) is 6.32. The molecule has 14 heavy (non-hydrogen) atoms. The van der Waals surface area contributed by atoms with Gasteiger partial charge >= 0.3 is 0 Å². The van der Waals surface area contributed by atoms with Crippen LogP contribution in [0.1, 0.15) is 42.4 Å². The molecule has 3 nitrogen and oxygen atoms in total. The number of carbonyl (C=O) groups is 1. The monoisotopic (exact) mass is 192 g/mol. The fraction of sp³-hybridized carbons (Fsp3) is 0.455. The van der Waals surface area contributed by atoms with Gasteiger partial charge in [0.15, 0.2) is 0 Å². The first kappa shape index (κ1) is 10.7. The molecule has 0 radical (unpaired) electrons. The van der Waals surface area contributed by atoms with Crippen LogP contribution in [0.5, 0.6) is 0 Å². The van der Waals surface area contributed by atoms with Crippen molar-refractivity contribution in [3.05, 3.63) is 29.1 Å². The van der Waals surface area contributed by atoms with Crippen LogP contribution in [0.15, 0.2) is 12.3 Å². The molecule has 0 saturated heterocycles. The highest BCUT2D eigenvalue weighted by atomic mass is 16.1. The molecule has 1 rings (SSSR count). The lowest BCUT2D eigenvalue weighted by Crippen LogP contribution is -2.18. The van der Waals surface area contributed by atoms with Gasteiger partial charge in [0, 0.05) is 6.20 Å². The molecule has 0 spiro atoms. The Morgan fingerprint density at radius 2 is 2.00 bits per heavy atom. The van der Waals surface area contributed by atoms with E-state index in [4.69, 9.17) is 5.73 Å². The fourth-order valence-corrected chi connectivity index (χ4v) is 1.24. The van der Waals surface area contributed by atoms with Gasteiger partial charge in [0.05, 0.1) is 0 Å². The summed E-state index contributed by atoms with van der Waals surface area (Å²) in [5.41, 5.74) is 7.53. The summed E-state index contributed by atoms with van der Waals surface area (Å²) >= 11 is 0. The number of hydrogen-bond acceptors (Lipinski definition) is 2. The molecule has 0 fully saturated rings. The predicted octanol–water partition coefficient (Wildman–Crippen LogP) is 1.79. The van der Waals surface area contributed by atoms with Gasteiger partial charge in [-0.15, -0.1) is 0 Å². The maximum Gasteiger partial charge on any atom is 0.267 e. The molecule has 76 valence electrons. The highest BCUT2D eigenvalue weighted by Gasteiger charge is 2.16. The Balaban J connectivity index is 3.20. The minimum Gasteiger partial charge on any atom is -0.364 e. The van der Waals surface area contributed by atoms with Gasteiger partial charge in [0.1, 0.15) is 5.69 Å². The van der Waals surface area contributed by atoms with Gasteiger partial charge in [-0.2, -0.15) is 0 Å². The second kappa shape index (κ2) is 3.40. The molecular formula is C11H16N2O. The van der Waals surface area contributed by atoms with E-state index in [9.17, 15) is 4.79 Å². The quantitative estimate of drug-likeness (QED) is 0.737. The van der Waals surface area contributed by atoms with Crippen molar-refractivity contribution in [1.82, 2.24) is 4.98 Å². The molecule has 1 aromatic heterocycles. The van der Waals surface area contributed by atoms with Crippen molar-refractivity contribution in [2.75, 3.05) is 0 Å². The van der Waals surface area contributed by atoms with E-state index >= 15 is 0 Å². The second-order valence-electron chi connectivity index (χ2n) is 4.50. The van der Waals surface area contributed by atoms with Gasteiger partial charge in [0.2, 0.25) is 0 Å². The summed E-state index contributed by atoms with van der Waals surface area (Å²) in [6.07, 6.45) is 1.72. The number of aromatic nitrogens is 1. The molecule has 3 heteroatoms. The van der Waals surface area contributed by atoms with Crippen LogP contribution in [0.2, 0.25) is 0 Å². The van der Waals surface area contributed by atoms with Crippen molar-refractivity contribution in [3.63, 3.8) is 0 Å². The van der Waals surface area contributed by atoms with Crippen LogP contribution in [-0.4, -0.2) is 10.9 Å². The zero-order chi connectivity index (χ0) is 10.9. The van der Waals surface area contributed by atoms with Crippen LogP contribution in [-0.2, 0) is 5.41 Å². The molecule has 0 unspecified atom stereocenters. The van der Waals surface area contributed by atoms with Crippen LogP contribution in [0, 0.1) is 6.92 Å². The first-order valence-corrected chi connectivity index (χ1v) is 4.59. The summed E-state index contributed by atoms with van der Waals surface area (Å²) < 4.78 is 0. The van der Waals surface area contributed by atoms with Crippen LogP contribution < -0.4 is 5.73 Å². The zero-order valence-corrected chi connectivity index (χ0v) is 9.09. The fourth-order valence-electron chi connectivity index (χ4n) is 1.24. The van der Waals surface area contributed by atoms with Crippen molar-refractivity contribution in [1.29, 1.82) is 0 Å². The molecule has 0 aliphatic heterocycles. The van der Waals surface area contributed by atoms with E-state index in [0.29, 0.717) is 5.69 Å². The summed E-state index contributed by atoms with van der Waals surface area (Å²) in [4.78, 5) is 15.0. The highest BCUT2D eigenvalue weighted by molar-refractivity contribution is 5.92. The van der Waals surface area contributed by atoms with E-state index in [0.717, 1.165) is 11.1 Å². The van der Waals surface area contributed by atoms with Gasteiger partial charge in [-0.3, -0.25) is 9.78 Å². The molecule has 0 aromatic carbocycles. The van der Waals surface area contributed by atoms with Crippen molar-refractivity contribution in [2.45, 2.75) is 33.1 Å². The normalized spacial score (nSPS) is 11.4. The Labute approximate surface area is 84.3 Å². The molecule has 0 saturated carbocycles. The summed E-state index contributed by atoms with van der Waals surface area (Å²) in [5, 5.41) is 0. The Hall–Kier alpha value is -1.38. The third-order valence-corrected chi connectivity index (χ3v) is 2.18. The average molecular weight is 192 g/mol. The van der Waals surface area contributed by atoms with E-state index in [-0.39, 0.29) is 5.41 Å². The second-order valence-corrected chi connectivity index (χ2v) is 4.50. The van der Waals surface area contributed by atoms with Crippen LogP contribution in [0.25, 0.3) is 0 Å². The lowest BCUT2D eigenvalue weighted by atomic mass is 9.87. The molecule has 0 aliphatic carbocycles. The van der Waals surface area contributed by atoms with Crippen molar-refractivity contribution >= 4 is 5.91 Å². The summed E-state index contributed by atoms with van der Waals surface area (Å²) in [6, 6.07) is 1.97. The number of nitrogens with two attached hydrogens (primary N) is 1. The third-order valence-electron chi connectivity index (χ3n) is 2.18. The van der Waals surface area contributed by atoms with Gasteiger partial charge in [-0.05, 0) is 23.5 Å². The Morgan fingerprint density at radius 3 is 2.36 bits per heavy atom. The van der Waals surface area contributed by atoms with Crippen LogP contribution in [0.3, 0.4) is 0 Å². The van der Waals surface area contributed by atoms with Gasteiger partial charge in [-0.25, -0.2) is 0 Å². The maximum absolute atomic E-state index is 10.9. The molecule has 0 aliphatic rings. The van der Waals surface area contributed by atoms with E-state index in [2.05, 4.69) is 25.8 Å². The number of amides is 1. The Morgan fingerprint density at radius 1 is 1.43 bits per heavy atom. The number of aryl methyl sites for hydroxylation is 1. The number of carbonyl (C=O) groups excluding carboxylic acids is 1. The minimum absolute atomic E-state index is 0.0495. The topological polar surface area (TPSA) is 56.0 Å². The number of nitrogens with zero attached hydrogens (tertiary/aromatic N) is 1. The Kier molecular flexibility index (Phi) is 2.60. The molecular weight excluding hydrogens is 176 g/mol. The van der Waals surface area contributed by atoms with E-state index < -0.39 is 5.91 Å². The number of primary amides is 1. The standard InChI is InChI=1S/C11H16N2O/c1-7-5-8(11(2,3)4)6-13-9(7)10(12)14/h5-6H,1-4H3,(H2,12,14). The minimum atomic E-state index is -0.469. The summed E-state index contributed by atoms with van der Waals surface area (Å²) in [6.45, 7) is 8.16. The van der Waals surface area contributed by atoms with Crippen molar-refractivity contribution < 1.29 is 4.79 Å². The van der Waals surface area contributed by atoms with Gasteiger partial charge < -0.3 is 5.73 Å². The lowest BCUT2D eigenvalue weighted by molar-refractivity contribution is 0.0995. The number of pyridine rings is 1. The van der Waals surface area contributed by atoms with Crippen LogP contribution >= 0.6 is 0 Å². The SMILES string of the molecule is Cc1cc(C(C)(C)C)cnc1C(N)=O. The van der Waals surface area contributed by atoms with Gasteiger partial charge in [0.25, 0.3) is 5.91 Å². The van der Waals surface area contributed by atoms with E-state index in [1.54, 1.807) is 6.20 Å².